The molecule has 3 aromatic carbocycles. The standard InChI is InChI=1S/C26H23N3O5/c1-31-17-7-8-18-21(28-19-4-2-3-5-20(19)29-26(30)15-27)14-23(34-24(18)13-17)16-6-9-22-25(12-16)33-11-10-32-22/h2-9,12-14H,10-11,15,27H2,1H3,(H,29,30). The lowest BCUT2D eigenvalue weighted by Gasteiger charge is -2.18. The van der Waals surface area contributed by atoms with Gasteiger partial charge in [-0.1, -0.05) is 12.1 Å². The van der Waals surface area contributed by atoms with Gasteiger partial charge in [-0.2, -0.15) is 0 Å². The van der Waals surface area contributed by atoms with E-state index in [0.29, 0.717) is 58.5 Å². The molecule has 0 fully saturated rings. The summed E-state index contributed by atoms with van der Waals surface area (Å²) in [5.41, 5.74) is 8.06. The molecule has 8 heteroatoms. The molecule has 0 spiro atoms. The lowest BCUT2D eigenvalue weighted by Crippen LogP contribution is -2.21. The van der Waals surface area contributed by atoms with Crippen LogP contribution in [0.1, 0.15) is 0 Å². The van der Waals surface area contributed by atoms with Crippen LogP contribution in [0, 0.1) is 0 Å². The summed E-state index contributed by atoms with van der Waals surface area (Å²) in [5.74, 6) is 2.33. The Balaban J connectivity index is 1.70. The molecule has 0 aliphatic carbocycles. The summed E-state index contributed by atoms with van der Waals surface area (Å²) in [7, 11) is 1.60. The second kappa shape index (κ2) is 9.29. The number of methoxy groups -OCH3 is 1. The Bertz CT molecular complexity index is 1440. The summed E-state index contributed by atoms with van der Waals surface area (Å²) in [6.45, 7) is 0.902. The molecule has 0 radical (unpaired) electrons. The van der Waals surface area contributed by atoms with Crippen molar-refractivity contribution in [1.82, 2.24) is 0 Å². The van der Waals surface area contributed by atoms with E-state index < -0.39 is 0 Å². The van der Waals surface area contributed by atoms with Crippen molar-refractivity contribution in [2.24, 2.45) is 10.7 Å². The van der Waals surface area contributed by atoms with Crippen molar-refractivity contribution < 1.29 is 23.4 Å². The molecule has 1 aliphatic heterocycles. The van der Waals surface area contributed by atoms with Crippen LogP contribution >= 0.6 is 0 Å². The Kier molecular flexibility index (Phi) is 5.88. The predicted octanol–water partition coefficient (Wildman–Crippen LogP) is 4.01. The molecule has 0 atom stereocenters. The molecule has 3 N–H and O–H groups in total. The molecule has 0 unspecified atom stereocenters. The maximum atomic E-state index is 11.9. The van der Waals surface area contributed by atoms with E-state index in [1.807, 2.05) is 60.7 Å². The minimum atomic E-state index is -0.294. The number of hydrogen-bond donors (Lipinski definition) is 2. The molecule has 1 aromatic heterocycles. The smallest absolute Gasteiger partial charge is 0.238 e. The van der Waals surface area contributed by atoms with Gasteiger partial charge in [0.25, 0.3) is 0 Å². The van der Waals surface area contributed by atoms with Crippen LogP contribution in [0.2, 0.25) is 0 Å². The number of nitrogens with zero attached hydrogens (tertiary/aromatic N) is 1. The van der Waals surface area contributed by atoms with E-state index in [-0.39, 0.29) is 12.5 Å². The van der Waals surface area contributed by atoms with Gasteiger partial charge in [-0.25, -0.2) is 4.99 Å². The third-order valence-corrected chi connectivity index (χ3v) is 5.38. The predicted molar refractivity (Wildman–Crippen MR) is 129 cm³/mol. The first kappa shape index (κ1) is 21.5. The van der Waals surface area contributed by atoms with Gasteiger partial charge in [-0.05, 0) is 42.5 Å². The third kappa shape index (κ3) is 4.31. The summed E-state index contributed by atoms with van der Waals surface area (Å²) in [4.78, 5) is 16.8. The molecule has 2 heterocycles. The topological polar surface area (TPSA) is 108 Å². The Labute approximate surface area is 195 Å². The Hall–Kier alpha value is -4.30. The number of nitrogens with two attached hydrogens (primary N) is 1. The van der Waals surface area contributed by atoms with Crippen molar-refractivity contribution in [3.05, 3.63) is 72.1 Å². The number of benzene rings is 3. The first-order chi connectivity index (χ1) is 16.6. The number of amides is 1. The molecule has 0 bridgehead atoms. The van der Waals surface area contributed by atoms with E-state index in [0.717, 1.165) is 10.9 Å². The summed E-state index contributed by atoms with van der Waals surface area (Å²) in [5, 5.41) is 4.26. The van der Waals surface area contributed by atoms with Crippen LogP contribution in [0.5, 0.6) is 17.2 Å². The van der Waals surface area contributed by atoms with Crippen LogP contribution < -0.4 is 30.6 Å². The molecule has 5 rings (SSSR count). The summed E-state index contributed by atoms with van der Waals surface area (Å²) in [6, 6.07) is 20.4. The quantitative estimate of drug-likeness (QED) is 0.469. The zero-order valence-electron chi connectivity index (χ0n) is 18.5. The number of nitrogens with one attached hydrogen (secondary N) is 1. The zero-order chi connectivity index (χ0) is 23.5. The van der Waals surface area contributed by atoms with E-state index in [4.69, 9.17) is 29.4 Å². The van der Waals surface area contributed by atoms with Crippen molar-refractivity contribution in [2.45, 2.75) is 0 Å². The highest BCUT2D eigenvalue weighted by atomic mass is 16.6. The van der Waals surface area contributed by atoms with Crippen molar-refractivity contribution in [1.29, 1.82) is 0 Å². The zero-order valence-corrected chi connectivity index (χ0v) is 18.5. The van der Waals surface area contributed by atoms with Crippen LogP contribution in [0.15, 0.2) is 76.1 Å². The van der Waals surface area contributed by atoms with E-state index >= 15 is 0 Å². The second-order valence-electron chi connectivity index (χ2n) is 7.60. The maximum Gasteiger partial charge on any atom is 0.238 e. The molecule has 8 nitrogen and oxygen atoms in total. The van der Waals surface area contributed by atoms with Crippen molar-refractivity contribution in [2.75, 3.05) is 32.2 Å². The summed E-state index contributed by atoms with van der Waals surface area (Å²) >= 11 is 0. The number of ether oxygens (including phenoxy) is 3. The van der Waals surface area contributed by atoms with Crippen molar-refractivity contribution >= 4 is 28.3 Å². The number of hydrogen-bond acceptors (Lipinski definition) is 7. The normalized spacial score (nSPS) is 13.1. The lowest BCUT2D eigenvalue weighted by atomic mass is 10.1. The molecule has 1 amide bonds. The molecule has 4 aromatic rings. The number of carbonyl (C=O) groups is 1. The van der Waals surface area contributed by atoms with Crippen LogP contribution in [0.3, 0.4) is 0 Å². The minimum absolute atomic E-state index is 0.116. The number of rotatable bonds is 5. The highest BCUT2D eigenvalue weighted by molar-refractivity contribution is 5.95. The van der Waals surface area contributed by atoms with Gasteiger partial charge in [-0.3, -0.25) is 4.79 Å². The first-order valence-corrected chi connectivity index (χ1v) is 10.8. The highest BCUT2D eigenvalue weighted by Gasteiger charge is 2.15. The fraction of sp³-hybridized carbons (Fsp3) is 0.154. The number of fused-ring (bicyclic) bond motifs is 2. The second-order valence-corrected chi connectivity index (χ2v) is 7.60. The van der Waals surface area contributed by atoms with Crippen LogP contribution in [0.25, 0.3) is 22.3 Å². The fourth-order valence-corrected chi connectivity index (χ4v) is 3.71. The van der Waals surface area contributed by atoms with E-state index in [9.17, 15) is 4.79 Å². The molecule has 0 saturated heterocycles. The number of anilines is 1. The van der Waals surface area contributed by atoms with Crippen molar-refractivity contribution in [3.8, 4) is 28.6 Å². The first-order valence-electron chi connectivity index (χ1n) is 10.8. The molecular formula is C26H23N3O5. The molecular weight excluding hydrogens is 434 g/mol. The summed E-state index contributed by atoms with van der Waals surface area (Å²) < 4.78 is 23.0. The van der Waals surface area contributed by atoms with Crippen LogP contribution in [0.4, 0.5) is 11.4 Å². The van der Waals surface area contributed by atoms with Crippen molar-refractivity contribution in [3.63, 3.8) is 0 Å². The Morgan fingerprint density at radius 1 is 1.03 bits per heavy atom. The Morgan fingerprint density at radius 3 is 2.68 bits per heavy atom. The minimum Gasteiger partial charge on any atom is -0.497 e. The van der Waals surface area contributed by atoms with Gasteiger partial charge >= 0.3 is 0 Å². The average Bonchev–Trinajstić information content (AvgIpc) is 2.88. The van der Waals surface area contributed by atoms with Gasteiger partial charge in [0.05, 0.1) is 30.4 Å². The maximum absolute atomic E-state index is 11.9. The van der Waals surface area contributed by atoms with E-state index in [1.165, 1.54) is 0 Å². The van der Waals surface area contributed by atoms with Gasteiger partial charge in [-0.15, -0.1) is 0 Å². The van der Waals surface area contributed by atoms with Gasteiger partial charge < -0.3 is 29.7 Å². The van der Waals surface area contributed by atoms with E-state index in [2.05, 4.69) is 5.32 Å². The fourth-order valence-electron chi connectivity index (χ4n) is 3.71. The Morgan fingerprint density at radius 2 is 1.85 bits per heavy atom. The molecule has 34 heavy (non-hydrogen) atoms. The van der Waals surface area contributed by atoms with Gasteiger partial charge in [0.1, 0.15) is 30.3 Å². The molecule has 1 aliphatic rings. The monoisotopic (exact) mass is 457 g/mol. The highest BCUT2D eigenvalue weighted by Crippen LogP contribution is 2.35. The average molecular weight is 457 g/mol. The SMILES string of the molecule is COc1ccc2c(=Nc3ccccc3NC(=O)CN)cc(-c3ccc4c(c3)OCCO4)oc2c1. The third-order valence-electron chi connectivity index (χ3n) is 5.38. The lowest BCUT2D eigenvalue weighted by molar-refractivity contribution is -0.114. The number of carbonyl (C=O) groups excluding carboxylic acids is 1. The largest absolute Gasteiger partial charge is 0.497 e. The van der Waals surface area contributed by atoms with E-state index in [1.54, 1.807) is 13.2 Å². The number of para-hydroxylation sites is 2. The molecule has 172 valence electrons. The molecule has 0 saturated carbocycles. The van der Waals surface area contributed by atoms with Gasteiger partial charge in [0.2, 0.25) is 5.91 Å². The van der Waals surface area contributed by atoms with Crippen LogP contribution in [-0.4, -0.2) is 32.8 Å². The van der Waals surface area contributed by atoms with Crippen LogP contribution in [-0.2, 0) is 4.79 Å². The summed E-state index contributed by atoms with van der Waals surface area (Å²) in [6.07, 6.45) is 0. The van der Waals surface area contributed by atoms with Gasteiger partial charge in [0.15, 0.2) is 11.5 Å². The van der Waals surface area contributed by atoms with Gasteiger partial charge in [0, 0.05) is 23.1 Å².